The first kappa shape index (κ1) is 16.9. The van der Waals surface area contributed by atoms with Crippen LogP contribution in [0.1, 0.15) is 24.8 Å². The highest BCUT2D eigenvalue weighted by molar-refractivity contribution is 6.17. The van der Waals surface area contributed by atoms with Gasteiger partial charge in [-0.2, -0.15) is 0 Å². The molecule has 1 aromatic carbocycles. The van der Waals surface area contributed by atoms with Crippen LogP contribution in [0.3, 0.4) is 0 Å². The Hall–Kier alpha value is -1.46. The van der Waals surface area contributed by atoms with Crippen molar-refractivity contribution >= 4 is 17.6 Å². The molecule has 0 radical (unpaired) electrons. The zero-order chi connectivity index (χ0) is 16.2. The number of ether oxygens (including phenoxy) is 3. The summed E-state index contributed by atoms with van der Waals surface area (Å²) < 4.78 is 16.1. The molecule has 0 spiro atoms. The average molecular weight is 329 g/mol. The van der Waals surface area contributed by atoms with Gasteiger partial charge >= 0.3 is 5.97 Å². The van der Waals surface area contributed by atoms with Crippen molar-refractivity contribution < 1.29 is 24.1 Å². The van der Waals surface area contributed by atoms with Crippen LogP contribution in [0.5, 0.6) is 11.5 Å². The van der Waals surface area contributed by atoms with Gasteiger partial charge in [-0.25, -0.2) is 4.79 Å². The molecule has 2 unspecified atom stereocenters. The molecule has 0 bridgehead atoms. The molecule has 1 aliphatic rings. The monoisotopic (exact) mass is 328 g/mol. The van der Waals surface area contributed by atoms with E-state index in [0.29, 0.717) is 43.1 Å². The third-order valence-corrected chi connectivity index (χ3v) is 4.27. The van der Waals surface area contributed by atoms with Crippen LogP contribution in [0.15, 0.2) is 18.2 Å². The number of benzene rings is 1. The minimum Gasteiger partial charge on any atom is -0.497 e. The quantitative estimate of drug-likeness (QED) is 0.663. The molecular formula is C16H21ClO5. The molecule has 1 aliphatic heterocycles. The second-order valence-electron chi connectivity index (χ2n) is 5.30. The van der Waals surface area contributed by atoms with Crippen LogP contribution in [0.4, 0.5) is 0 Å². The number of aliphatic hydroxyl groups is 1. The van der Waals surface area contributed by atoms with Crippen molar-refractivity contribution in [1.29, 1.82) is 0 Å². The Morgan fingerprint density at radius 3 is 2.91 bits per heavy atom. The fourth-order valence-corrected chi connectivity index (χ4v) is 2.89. The number of hydrogen-bond acceptors (Lipinski definition) is 5. The minimum absolute atomic E-state index is 0.293. The molecule has 0 saturated carbocycles. The largest absolute Gasteiger partial charge is 0.497 e. The van der Waals surface area contributed by atoms with E-state index in [4.69, 9.17) is 25.8 Å². The summed E-state index contributed by atoms with van der Waals surface area (Å²) in [7, 11) is 2.85. The van der Waals surface area contributed by atoms with E-state index in [9.17, 15) is 9.90 Å². The lowest BCUT2D eigenvalue weighted by Gasteiger charge is -2.34. The van der Waals surface area contributed by atoms with Crippen molar-refractivity contribution in [2.75, 3.05) is 20.1 Å². The molecular weight excluding hydrogens is 308 g/mol. The standard InChI is InChI=1S/C16H21ClO5/c1-20-12-6-4-11-5-7-14(18)16(8-3-9-17,15(19)21-2)22-13(11)10-12/h4,6,10,14,18H,3,5,7-9H2,1-2H3. The van der Waals surface area contributed by atoms with Gasteiger partial charge in [0.15, 0.2) is 0 Å². The van der Waals surface area contributed by atoms with Crippen molar-refractivity contribution in [1.82, 2.24) is 0 Å². The lowest BCUT2D eigenvalue weighted by atomic mass is 9.88. The van der Waals surface area contributed by atoms with Crippen molar-refractivity contribution in [3.05, 3.63) is 23.8 Å². The van der Waals surface area contributed by atoms with Crippen molar-refractivity contribution in [2.24, 2.45) is 0 Å². The smallest absolute Gasteiger partial charge is 0.352 e. The number of carbonyl (C=O) groups is 1. The highest BCUT2D eigenvalue weighted by Gasteiger charge is 2.49. The number of methoxy groups -OCH3 is 2. The summed E-state index contributed by atoms with van der Waals surface area (Å²) >= 11 is 5.76. The van der Waals surface area contributed by atoms with Crippen LogP contribution in [0.25, 0.3) is 0 Å². The molecule has 6 heteroatoms. The molecule has 2 rings (SSSR count). The number of rotatable bonds is 5. The van der Waals surface area contributed by atoms with Crippen LogP contribution < -0.4 is 9.47 Å². The zero-order valence-electron chi connectivity index (χ0n) is 12.8. The number of hydrogen-bond donors (Lipinski definition) is 1. The van der Waals surface area contributed by atoms with Crippen LogP contribution in [0.2, 0.25) is 0 Å². The van der Waals surface area contributed by atoms with Crippen molar-refractivity contribution in [3.63, 3.8) is 0 Å². The second-order valence-corrected chi connectivity index (χ2v) is 5.68. The zero-order valence-corrected chi connectivity index (χ0v) is 13.6. The average Bonchev–Trinajstić information content (AvgIpc) is 2.69. The van der Waals surface area contributed by atoms with E-state index in [1.165, 1.54) is 7.11 Å². The van der Waals surface area contributed by atoms with Gasteiger partial charge in [0.2, 0.25) is 5.60 Å². The van der Waals surface area contributed by atoms with Gasteiger partial charge in [0.25, 0.3) is 0 Å². The summed E-state index contributed by atoms with van der Waals surface area (Å²) in [5.74, 6) is 0.961. The maximum atomic E-state index is 12.3. The van der Waals surface area contributed by atoms with Gasteiger partial charge in [0.1, 0.15) is 17.6 Å². The van der Waals surface area contributed by atoms with Gasteiger partial charge in [-0.3, -0.25) is 0 Å². The van der Waals surface area contributed by atoms with E-state index >= 15 is 0 Å². The van der Waals surface area contributed by atoms with Gasteiger partial charge in [-0.1, -0.05) is 6.07 Å². The normalized spacial score (nSPS) is 23.9. The van der Waals surface area contributed by atoms with Crippen LogP contribution in [-0.2, 0) is 16.0 Å². The fraction of sp³-hybridized carbons (Fsp3) is 0.562. The predicted molar refractivity (Wildman–Crippen MR) is 82.7 cm³/mol. The first-order valence-corrected chi connectivity index (χ1v) is 7.79. The van der Waals surface area contributed by atoms with E-state index in [1.807, 2.05) is 12.1 Å². The van der Waals surface area contributed by atoms with E-state index in [0.717, 1.165) is 5.56 Å². The van der Waals surface area contributed by atoms with E-state index in [1.54, 1.807) is 13.2 Å². The fourth-order valence-electron chi connectivity index (χ4n) is 2.75. The van der Waals surface area contributed by atoms with Gasteiger partial charge < -0.3 is 19.3 Å². The minimum atomic E-state index is -1.43. The summed E-state index contributed by atoms with van der Waals surface area (Å²) in [5.41, 5.74) is -0.502. The molecule has 2 atom stereocenters. The topological polar surface area (TPSA) is 65.0 Å². The Labute approximate surface area is 135 Å². The lowest BCUT2D eigenvalue weighted by molar-refractivity contribution is -0.171. The van der Waals surface area contributed by atoms with Crippen molar-refractivity contribution in [2.45, 2.75) is 37.4 Å². The summed E-state index contributed by atoms with van der Waals surface area (Å²) in [6, 6.07) is 5.44. The number of fused-ring (bicyclic) bond motifs is 1. The molecule has 1 heterocycles. The molecule has 0 aromatic heterocycles. The molecule has 22 heavy (non-hydrogen) atoms. The highest BCUT2D eigenvalue weighted by atomic mass is 35.5. The number of halogens is 1. The first-order chi connectivity index (χ1) is 10.6. The first-order valence-electron chi connectivity index (χ1n) is 7.25. The molecule has 0 fully saturated rings. The Morgan fingerprint density at radius 1 is 1.50 bits per heavy atom. The number of aryl methyl sites for hydroxylation is 1. The Balaban J connectivity index is 2.44. The van der Waals surface area contributed by atoms with Gasteiger partial charge in [0.05, 0.1) is 14.2 Å². The lowest BCUT2D eigenvalue weighted by Crippen LogP contribution is -2.54. The predicted octanol–water partition coefficient (Wildman–Crippen LogP) is 2.31. The van der Waals surface area contributed by atoms with E-state index in [-0.39, 0.29) is 0 Å². The molecule has 0 saturated heterocycles. The third-order valence-electron chi connectivity index (χ3n) is 4.00. The SMILES string of the molecule is COC(=O)C1(CCCCl)Oc2cc(OC)ccc2CCC1O. The maximum absolute atomic E-state index is 12.3. The summed E-state index contributed by atoms with van der Waals surface area (Å²) in [4.78, 5) is 12.3. The molecule has 1 aromatic rings. The Morgan fingerprint density at radius 2 is 2.27 bits per heavy atom. The molecule has 122 valence electrons. The molecule has 0 aliphatic carbocycles. The highest BCUT2D eigenvalue weighted by Crippen LogP contribution is 2.37. The van der Waals surface area contributed by atoms with Gasteiger partial charge in [-0.15, -0.1) is 11.6 Å². The number of carbonyl (C=O) groups excluding carboxylic acids is 1. The van der Waals surface area contributed by atoms with Gasteiger partial charge in [0, 0.05) is 18.4 Å². The molecule has 0 amide bonds. The molecule has 5 nitrogen and oxygen atoms in total. The maximum Gasteiger partial charge on any atom is 0.352 e. The Kier molecular flexibility index (Phi) is 5.53. The summed E-state index contributed by atoms with van der Waals surface area (Å²) in [6.45, 7) is 0. The van der Waals surface area contributed by atoms with Crippen LogP contribution in [0, 0.1) is 0 Å². The summed E-state index contributed by atoms with van der Waals surface area (Å²) in [5, 5.41) is 10.5. The number of alkyl halides is 1. The van der Waals surface area contributed by atoms with Gasteiger partial charge in [-0.05, 0) is 30.9 Å². The second kappa shape index (κ2) is 7.20. The van der Waals surface area contributed by atoms with Crippen molar-refractivity contribution in [3.8, 4) is 11.5 Å². The van der Waals surface area contributed by atoms with Crippen LogP contribution >= 0.6 is 11.6 Å². The number of esters is 1. The summed E-state index contributed by atoms with van der Waals surface area (Å²) in [6.07, 6.45) is 0.895. The van der Waals surface area contributed by atoms with Crippen LogP contribution in [-0.4, -0.2) is 42.9 Å². The number of aliphatic hydroxyl groups excluding tert-OH is 1. The third kappa shape index (κ3) is 3.15. The molecule has 1 N–H and O–H groups in total. The Bertz CT molecular complexity index is 533. The van der Waals surface area contributed by atoms with E-state index in [2.05, 4.69) is 0 Å². The van der Waals surface area contributed by atoms with E-state index < -0.39 is 17.7 Å².